The lowest BCUT2D eigenvalue weighted by molar-refractivity contribution is -0.118. The molecular weight excluding hydrogens is 388 g/mol. The molecule has 2 aromatic heterocycles. The number of nitrogens with zero attached hydrogens (tertiary/aromatic N) is 5. The van der Waals surface area contributed by atoms with Gasteiger partial charge in [-0.1, -0.05) is 54.2 Å². The summed E-state index contributed by atoms with van der Waals surface area (Å²) in [6.07, 6.45) is 0. The van der Waals surface area contributed by atoms with Crippen molar-refractivity contribution in [2.45, 2.75) is 11.7 Å². The van der Waals surface area contributed by atoms with Crippen LogP contribution in [0, 0.1) is 11.3 Å². The number of carbonyl (C=O) groups is 1. The Morgan fingerprint density at radius 1 is 1.10 bits per heavy atom. The maximum Gasteiger partial charge on any atom is 0.263 e. The summed E-state index contributed by atoms with van der Waals surface area (Å²) < 4.78 is 3.38. The van der Waals surface area contributed by atoms with Gasteiger partial charge < -0.3 is 5.32 Å². The highest BCUT2D eigenvalue weighted by molar-refractivity contribution is 7.99. The number of aromatic nitrogens is 4. The van der Waals surface area contributed by atoms with Gasteiger partial charge in [0, 0.05) is 0 Å². The molecule has 0 radical (unpaired) electrons. The SMILES string of the molecule is N#CCNC(=O)CSc1nnc2n(Cc3ccccc3)c(=O)c3ccccc3n12. The summed E-state index contributed by atoms with van der Waals surface area (Å²) in [5.41, 5.74) is 1.51. The van der Waals surface area contributed by atoms with E-state index in [0.717, 1.165) is 5.56 Å². The van der Waals surface area contributed by atoms with E-state index in [4.69, 9.17) is 5.26 Å². The van der Waals surface area contributed by atoms with Crippen molar-refractivity contribution in [3.63, 3.8) is 0 Å². The third-order valence-electron chi connectivity index (χ3n) is 4.36. The van der Waals surface area contributed by atoms with Crippen LogP contribution >= 0.6 is 11.8 Å². The Bertz CT molecular complexity index is 1290. The molecule has 9 heteroatoms. The summed E-state index contributed by atoms with van der Waals surface area (Å²) in [6.45, 7) is 0.318. The average Bonchev–Trinajstić information content (AvgIpc) is 3.18. The molecule has 0 bridgehead atoms. The molecule has 0 saturated carbocycles. The van der Waals surface area contributed by atoms with E-state index in [9.17, 15) is 9.59 Å². The standard InChI is InChI=1S/C20H16N6O2S/c21-10-11-22-17(27)13-29-20-24-23-19-25(12-14-6-2-1-3-7-14)18(28)15-8-4-5-9-16(15)26(19)20/h1-9H,11-13H2,(H,22,27). The minimum Gasteiger partial charge on any atom is -0.342 e. The molecular formula is C20H16N6O2S. The zero-order valence-electron chi connectivity index (χ0n) is 15.3. The summed E-state index contributed by atoms with van der Waals surface area (Å²) in [6, 6.07) is 18.8. The molecule has 1 amide bonds. The van der Waals surface area contributed by atoms with E-state index in [1.54, 1.807) is 15.0 Å². The lowest BCUT2D eigenvalue weighted by atomic mass is 10.2. The van der Waals surface area contributed by atoms with Crippen molar-refractivity contribution in [1.29, 1.82) is 5.26 Å². The van der Waals surface area contributed by atoms with Gasteiger partial charge in [0.05, 0.1) is 29.3 Å². The Labute approximate surface area is 169 Å². The molecule has 4 aromatic rings. The number of thioether (sulfide) groups is 1. The second-order valence-electron chi connectivity index (χ2n) is 6.24. The smallest absolute Gasteiger partial charge is 0.263 e. The highest BCUT2D eigenvalue weighted by Gasteiger charge is 2.17. The summed E-state index contributed by atoms with van der Waals surface area (Å²) >= 11 is 1.20. The number of nitrogens with one attached hydrogen (secondary N) is 1. The van der Waals surface area contributed by atoms with Gasteiger partial charge in [-0.25, -0.2) is 0 Å². The molecule has 0 spiro atoms. The Morgan fingerprint density at radius 2 is 1.86 bits per heavy atom. The van der Waals surface area contributed by atoms with E-state index in [-0.39, 0.29) is 23.8 Å². The predicted octanol–water partition coefficient (Wildman–Crippen LogP) is 1.82. The minimum absolute atomic E-state index is 0.0421. The number of carbonyl (C=O) groups excluding carboxylic acids is 1. The number of rotatable bonds is 6. The molecule has 0 saturated heterocycles. The Morgan fingerprint density at radius 3 is 2.66 bits per heavy atom. The zero-order valence-corrected chi connectivity index (χ0v) is 16.1. The maximum atomic E-state index is 13.1. The molecule has 2 aromatic carbocycles. The predicted molar refractivity (Wildman–Crippen MR) is 110 cm³/mol. The van der Waals surface area contributed by atoms with Crippen LogP contribution in [0.2, 0.25) is 0 Å². The first-order valence-electron chi connectivity index (χ1n) is 8.86. The number of benzene rings is 2. The van der Waals surface area contributed by atoms with Crippen molar-refractivity contribution in [1.82, 2.24) is 24.5 Å². The monoisotopic (exact) mass is 404 g/mol. The highest BCUT2D eigenvalue weighted by Crippen LogP contribution is 2.21. The number of fused-ring (bicyclic) bond motifs is 3. The molecule has 0 aliphatic carbocycles. The van der Waals surface area contributed by atoms with Crippen molar-refractivity contribution in [2.75, 3.05) is 12.3 Å². The Kier molecular flexibility index (Phi) is 5.27. The van der Waals surface area contributed by atoms with Crippen LogP contribution in [0.15, 0.2) is 64.5 Å². The molecule has 0 fully saturated rings. The van der Waals surface area contributed by atoms with E-state index >= 15 is 0 Å². The van der Waals surface area contributed by atoms with Crippen molar-refractivity contribution in [2.24, 2.45) is 0 Å². The molecule has 0 atom stereocenters. The van der Waals surface area contributed by atoms with Gasteiger partial charge in [-0.15, -0.1) is 10.2 Å². The summed E-state index contributed by atoms with van der Waals surface area (Å²) in [5, 5.41) is 20.6. The van der Waals surface area contributed by atoms with Crippen molar-refractivity contribution in [3.8, 4) is 6.07 Å². The third kappa shape index (κ3) is 3.70. The largest absolute Gasteiger partial charge is 0.342 e. The number of para-hydroxylation sites is 1. The van der Waals surface area contributed by atoms with Gasteiger partial charge in [-0.3, -0.25) is 18.6 Å². The van der Waals surface area contributed by atoms with E-state index < -0.39 is 0 Å². The second-order valence-corrected chi connectivity index (χ2v) is 7.18. The maximum absolute atomic E-state index is 13.1. The molecule has 0 aliphatic rings. The van der Waals surface area contributed by atoms with Crippen LogP contribution in [-0.4, -0.2) is 37.4 Å². The van der Waals surface area contributed by atoms with Gasteiger partial charge in [0.15, 0.2) is 5.16 Å². The first-order chi connectivity index (χ1) is 14.2. The van der Waals surface area contributed by atoms with Crippen molar-refractivity contribution >= 4 is 34.3 Å². The number of hydrogen-bond donors (Lipinski definition) is 1. The summed E-state index contributed by atoms with van der Waals surface area (Å²) in [4.78, 5) is 25.0. The van der Waals surface area contributed by atoms with Crippen LogP contribution in [0.3, 0.4) is 0 Å². The van der Waals surface area contributed by atoms with Gasteiger partial charge in [0.1, 0.15) is 6.54 Å². The summed E-state index contributed by atoms with van der Waals surface area (Å²) in [5.74, 6) is 0.238. The molecule has 0 aliphatic heterocycles. The fourth-order valence-corrected chi connectivity index (χ4v) is 3.82. The molecule has 0 unspecified atom stereocenters. The molecule has 8 nitrogen and oxygen atoms in total. The van der Waals surface area contributed by atoms with E-state index in [1.165, 1.54) is 11.8 Å². The first kappa shape index (κ1) is 18.7. The van der Waals surface area contributed by atoms with Crippen LogP contribution in [0.1, 0.15) is 5.56 Å². The van der Waals surface area contributed by atoms with Crippen molar-refractivity contribution < 1.29 is 4.79 Å². The normalized spacial score (nSPS) is 10.9. The third-order valence-corrected chi connectivity index (χ3v) is 5.29. The van der Waals surface area contributed by atoms with Crippen molar-refractivity contribution in [3.05, 3.63) is 70.5 Å². The summed E-state index contributed by atoms with van der Waals surface area (Å²) in [7, 11) is 0. The average molecular weight is 404 g/mol. The van der Waals surface area contributed by atoms with E-state index in [2.05, 4.69) is 15.5 Å². The van der Waals surface area contributed by atoms with Crippen LogP contribution in [-0.2, 0) is 11.3 Å². The van der Waals surface area contributed by atoms with Gasteiger partial charge in [0.25, 0.3) is 5.56 Å². The topological polar surface area (TPSA) is 105 Å². The molecule has 29 heavy (non-hydrogen) atoms. The van der Waals surface area contributed by atoms with Gasteiger partial charge >= 0.3 is 0 Å². The Hall–Kier alpha value is -3.64. The molecule has 2 heterocycles. The van der Waals surface area contributed by atoms with E-state index in [0.29, 0.717) is 28.4 Å². The molecule has 144 valence electrons. The number of amides is 1. The van der Waals surface area contributed by atoms with Crippen LogP contribution < -0.4 is 10.9 Å². The van der Waals surface area contributed by atoms with Crippen LogP contribution in [0.5, 0.6) is 0 Å². The first-order valence-corrected chi connectivity index (χ1v) is 9.84. The van der Waals surface area contributed by atoms with Crippen LogP contribution in [0.25, 0.3) is 16.7 Å². The lowest BCUT2D eigenvalue weighted by Crippen LogP contribution is -2.25. The quantitative estimate of drug-likeness (QED) is 0.388. The van der Waals surface area contributed by atoms with Crippen LogP contribution in [0.4, 0.5) is 0 Å². The lowest BCUT2D eigenvalue weighted by Gasteiger charge is -2.11. The molecule has 4 rings (SSSR count). The van der Waals surface area contributed by atoms with Gasteiger partial charge in [0.2, 0.25) is 11.7 Å². The zero-order chi connectivity index (χ0) is 20.2. The minimum atomic E-state index is -0.268. The fraction of sp³-hybridized carbons (Fsp3) is 0.150. The number of nitriles is 1. The highest BCUT2D eigenvalue weighted by atomic mass is 32.2. The van der Waals surface area contributed by atoms with Gasteiger partial charge in [-0.2, -0.15) is 5.26 Å². The Balaban J connectivity index is 1.81. The van der Waals surface area contributed by atoms with Gasteiger partial charge in [-0.05, 0) is 17.7 Å². The number of hydrogen-bond acceptors (Lipinski definition) is 6. The second kappa shape index (κ2) is 8.16. The van der Waals surface area contributed by atoms with E-state index in [1.807, 2.05) is 54.6 Å². The fourth-order valence-electron chi connectivity index (χ4n) is 3.05. The molecule has 1 N–H and O–H groups in total.